The molecular formula is C17H18N2O6S2. The zero-order chi connectivity index (χ0) is 19.3. The number of thiophene rings is 1. The van der Waals surface area contributed by atoms with Crippen LogP contribution in [0.5, 0.6) is 0 Å². The number of sulfonamides is 1. The molecule has 0 radical (unpaired) electrons. The highest BCUT2D eigenvalue weighted by Gasteiger charge is 2.53. The van der Waals surface area contributed by atoms with Gasteiger partial charge in [-0.15, -0.1) is 11.3 Å². The molecule has 2 saturated heterocycles. The molecule has 0 saturated carbocycles. The van der Waals surface area contributed by atoms with E-state index < -0.39 is 22.0 Å². The largest absolute Gasteiger partial charge is 0.465 e. The highest BCUT2D eigenvalue weighted by atomic mass is 32.2. The SMILES string of the molecule is COC(=O)c1sccc1S(=O)(=O)N1CC(N2C(=O)C3CC=CCC3C2=O)C1. The third-order valence-corrected chi connectivity index (χ3v) is 8.25. The maximum atomic E-state index is 12.8. The maximum absolute atomic E-state index is 12.8. The molecule has 2 fully saturated rings. The number of ether oxygens (including phenoxy) is 1. The van der Waals surface area contributed by atoms with Crippen molar-refractivity contribution in [3.63, 3.8) is 0 Å². The van der Waals surface area contributed by atoms with Gasteiger partial charge in [-0.25, -0.2) is 13.2 Å². The first-order chi connectivity index (χ1) is 12.9. The predicted molar refractivity (Wildman–Crippen MR) is 95.4 cm³/mol. The molecule has 1 aromatic rings. The summed E-state index contributed by atoms with van der Waals surface area (Å²) in [5, 5.41) is 1.52. The van der Waals surface area contributed by atoms with E-state index in [2.05, 4.69) is 4.74 Å². The summed E-state index contributed by atoms with van der Waals surface area (Å²) in [6.07, 6.45) is 4.94. The number of rotatable bonds is 4. The number of likely N-dealkylation sites (tertiary alicyclic amines) is 1. The summed E-state index contributed by atoms with van der Waals surface area (Å²) in [6, 6.07) is 0.914. The van der Waals surface area contributed by atoms with Crippen molar-refractivity contribution < 1.29 is 27.5 Å². The molecule has 0 N–H and O–H groups in total. The van der Waals surface area contributed by atoms with Crippen LogP contribution in [0.15, 0.2) is 28.5 Å². The Hall–Kier alpha value is -2.04. The number of carbonyl (C=O) groups is 3. The second-order valence-corrected chi connectivity index (χ2v) is 9.61. The molecule has 2 aliphatic heterocycles. The van der Waals surface area contributed by atoms with Crippen molar-refractivity contribution in [2.24, 2.45) is 11.8 Å². The number of imide groups is 1. The number of allylic oxidation sites excluding steroid dienone is 2. The highest BCUT2D eigenvalue weighted by molar-refractivity contribution is 7.89. The van der Waals surface area contributed by atoms with E-state index >= 15 is 0 Å². The van der Waals surface area contributed by atoms with Crippen LogP contribution in [0.2, 0.25) is 0 Å². The number of amides is 2. The quantitative estimate of drug-likeness (QED) is 0.415. The molecule has 2 unspecified atom stereocenters. The molecule has 0 aromatic carbocycles. The van der Waals surface area contributed by atoms with Gasteiger partial charge in [0, 0.05) is 13.1 Å². The molecule has 2 atom stereocenters. The molecular weight excluding hydrogens is 392 g/mol. The molecule has 0 bridgehead atoms. The van der Waals surface area contributed by atoms with E-state index in [-0.39, 0.29) is 46.5 Å². The van der Waals surface area contributed by atoms with Gasteiger partial charge in [-0.2, -0.15) is 4.31 Å². The van der Waals surface area contributed by atoms with Gasteiger partial charge in [-0.05, 0) is 24.3 Å². The van der Waals surface area contributed by atoms with Crippen molar-refractivity contribution in [2.45, 2.75) is 23.8 Å². The average molecular weight is 410 g/mol. The summed E-state index contributed by atoms with van der Waals surface area (Å²) in [5.41, 5.74) is 0. The molecule has 10 heteroatoms. The van der Waals surface area contributed by atoms with Crippen molar-refractivity contribution in [3.05, 3.63) is 28.5 Å². The van der Waals surface area contributed by atoms with Crippen molar-refractivity contribution in [3.8, 4) is 0 Å². The van der Waals surface area contributed by atoms with E-state index in [0.717, 1.165) is 11.3 Å². The lowest BCUT2D eigenvalue weighted by atomic mass is 9.85. The molecule has 3 heterocycles. The van der Waals surface area contributed by atoms with Gasteiger partial charge in [-0.3, -0.25) is 14.5 Å². The number of hydrogen-bond donors (Lipinski definition) is 0. The average Bonchev–Trinajstić information content (AvgIpc) is 3.20. The van der Waals surface area contributed by atoms with Crippen LogP contribution in [-0.2, 0) is 24.3 Å². The first-order valence-electron chi connectivity index (χ1n) is 8.54. The first kappa shape index (κ1) is 18.3. The Morgan fingerprint density at radius 1 is 1.15 bits per heavy atom. The van der Waals surface area contributed by atoms with Crippen LogP contribution < -0.4 is 0 Å². The zero-order valence-electron chi connectivity index (χ0n) is 14.5. The standard InChI is InChI=1S/C17H18N2O6S2/c1-25-17(22)14-13(6-7-26-14)27(23,24)18-8-10(9-18)19-15(20)11-4-2-3-5-12(11)16(19)21/h2-3,6-7,10-12H,4-5,8-9H2,1H3. The zero-order valence-corrected chi connectivity index (χ0v) is 16.2. The van der Waals surface area contributed by atoms with Crippen LogP contribution in [0.1, 0.15) is 22.5 Å². The molecule has 144 valence electrons. The number of carbonyl (C=O) groups excluding carboxylic acids is 3. The monoisotopic (exact) mass is 410 g/mol. The Labute approximate surface area is 160 Å². The lowest BCUT2D eigenvalue weighted by Gasteiger charge is -2.42. The van der Waals surface area contributed by atoms with E-state index in [1.54, 1.807) is 0 Å². The molecule has 0 spiro atoms. The molecule has 3 aliphatic rings. The van der Waals surface area contributed by atoms with Gasteiger partial charge in [-0.1, -0.05) is 12.2 Å². The molecule has 8 nitrogen and oxygen atoms in total. The van der Waals surface area contributed by atoms with Gasteiger partial charge in [0.05, 0.1) is 25.0 Å². The van der Waals surface area contributed by atoms with Gasteiger partial charge >= 0.3 is 5.97 Å². The van der Waals surface area contributed by atoms with E-state index in [4.69, 9.17) is 0 Å². The second kappa shape index (κ2) is 6.54. The second-order valence-electron chi connectivity index (χ2n) is 6.78. The summed E-state index contributed by atoms with van der Waals surface area (Å²) in [5.74, 6) is -1.77. The van der Waals surface area contributed by atoms with Crippen molar-refractivity contribution in [1.82, 2.24) is 9.21 Å². The molecule has 1 aromatic heterocycles. The number of hydrogen-bond acceptors (Lipinski definition) is 7. The maximum Gasteiger partial charge on any atom is 0.349 e. The van der Waals surface area contributed by atoms with Crippen LogP contribution in [0.3, 0.4) is 0 Å². The van der Waals surface area contributed by atoms with Crippen molar-refractivity contribution >= 4 is 39.1 Å². The van der Waals surface area contributed by atoms with E-state index in [0.29, 0.717) is 12.8 Å². The minimum absolute atomic E-state index is 0.0198. The minimum atomic E-state index is -3.89. The number of esters is 1. The van der Waals surface area contributed by atoms with Gasteiger partial charge in [0.25, 0.3) is 0 Å². The molecule has 2 amide bonds. The Bertz CT molecular complexity index is 918. The Morgan fingerprint density at radius 3 is 2.30 bits per heavy atom. The topological polar surface area (TPSA) is 101 Å². The lowest BCUT2D eigenvalue weighted by Crippen LogP contribution is -2.62. The fraction of sp³-hybridized carbons (Fsp3) is 0.471. The van der Waals surface area contributed by atoms with Crippen molar-refractivity contribution in [2.75, 3.05) is 20.2 Å². The third-order valence-electron chi connectivity index (χ3n) is 5.35. The Morgan fingerprint density at radius 2 is 1.74 bits per heavy atom. The Balaban J connectivity index is 1.50. The summed E-state index contributed by atoms with van der Waals surface area (Å²) >= 11 is 0.995. The Kier molecular flexibility index (Phi) is 4.44. The van der Waals surface area contributed by atoms with Gasteiger partial charge in [0.1, 0.15) is 9.77 Å². The molecule has 4 rings (SSSR count). The van der Waals surface area contributed by atoms with Crippen LogP contribution >= 0.6 is 11.3 Å². The fourth-order valence-corrected chi connectivity index (χ4v) is 6.67. The smallest absolute Gasteiger partial charge is 0.349 e. The summed E-state index contributed by atoms with van der Waals surface area (Å²) in [6.45, 7) is 0.0896. The first-order valence-corrected chi connectivity index (χ1v) is 10.9. The number of methoxy groups -OCH3 is 1. The fourth-order valence-electron chi connectivity index (χ4n) is 3.84. The molecule has 1 aliphatic carbocycles. The summed E-state index contributed by atoms with van der Waals surface area (Å²) in [4.78, 5) is 38.1. The summed E-state index contributed by atoms with van der Waals surface area (Å²) in [7, 11) is -2.70. The van der Waals surface area contributed by atoms with Crippen molar-refractivity contribution in [1.29, 1.82) is 0 Å². The van der Waals surface area contributed by atoms with E-state index in [1.165, 1.54) is 27.8 Å². The van der Waals surface area contributed by atoms with Crippen LogP contribution in [0, 0.1) is 11.8 Å². The number of nitrogens with zero attached hydrogens (tertiary/aromatic N) is 2. The van der Waals surface area contributed by atoms with Crippen LogP contribution in [0.4, 0.5) is 0 Å². The van der Waals surface area contributed by atoms with Gasteiger partial charge in [0.2, 0.25) is 21.8 Å². The van der Waals surface area contributed by atoms with Gasteiger partial charge in [0.15, 0.2) is 0 Å². The van der Waals surface area contributed by atoms with E-state index in [1.807, 2.05) is 12.2 Å². The minimum Gasteiger partial charge on any atom is -0.465 e. The lowest BCUT2D eigenvalue weighted by molar-refractivity contribution is -0.145. The summed E-state index contributed by atoms with van der Waals surface area (Å²) < 4.78 is 31.5. The van der Waals surface area contributed by atoms with Crippen LogP contribution in [-0.4, -0.2) is 61.6 Å². The van der Waals surface area contributed by atoms with Crippen LogP contribution in [0.25, 0.3) is 0 Å². The highest BCUT2D eigenvalue weighted by Crippen LogP contribution is 2.38. The third kappa shape index (κ3) is 2.74. The predicted octanol–water partition coefficient (Wildman–Crippen LogP) is 0.859. The molecule has 27 heavy (non-hydrogen) atoms. The number of fused-ring (bicyclic) bond motifs is 1. The van der Waals surface area contributed by atoms with Gasteiger partial charge < -0.3 is 4.74 Å². The van der Waals surface area contributed by atoms with E-state index in [9.17, 15) is 22.8 Å². The normalized spacial score (nSPS) is 26.2.